The van der Waals surface area contributed by atoms with Crippen LogP contribution in [0, 0.1) is 6.92 Å². The van der Waals surface area contributed by atoms with Crippen molar-refractivity contribution in [3.8, 4) is 0 Å². The molecule has 2 aromatic carbocycles. The Kier molecular flexibility index (Phi) is 6.26. The van der Waals surface area contributed by atoms with Crippen LogP contribution in [0.25, 0.3) is 0 Å². The lowest BCUT2D eigenvalue weighted by atomic mass is 10.1. The molecule has 4 nitrogen and oxygen atoms in total. The number of amides is 2. The van der Waals surface area contributed by atoms with Crippen molar-refractivity contribution in [2.75, 3.05) is 5.32 Å². The molecule has 0 heterocycles. The normalized spacial score (nSPS) is 11.1. The Labute approximate surface area is 153 Å². The van der Waals surface area contributed by atoms with E-state index in [1.54, 1.807) is 0 Å². The molecule has 0 aliphatic rings. The highest BCUT2D eigenvalue weighted by atomic mass is 35.5. The number of nitrogens with one attached hydrogen (secondary N) is 2. The molecule has 2 N–H and O–H groups in total. The van der Waals surface area contributed by atoms with Crippen LogP contribution in [0.15, 0.2) is 42.5 Å². The fraction of sp³-hybridized carbons (Fsp3) is 0.222. The van der Waals surface area contributed by atoms with E-state index in [2.05, 4.69) is 10.6 Å². The van der Waals surface area contributed by atoms with Gasteiger partial charge in [0.05, 0.1) is 16.3 Å². The van der Waals surface area contributed by atoms with Gasteiger partial charge in [-0.3, -0.25) is 9.59 Å². The second-order valence-electron chi connectivity index (χ2n) is 5.68. The Balaban J connectivity index is 1.91. The fourth-order valence-corrected chi connectivity index (χ4v) is 2.27. The Hall–Kier alpha value is -2.54. The van der Waals surface area contributed by atoms with Crippen LogP contribution >= 0.6 is 11.6 Å². The molecule has 0 unspecified atom stereocenters. The molecule has 26 heavy (non-hydrogen) atoms. The summed E-state index contributed by atoms with van der Waals surface area (Å²) in [6.45, 7) is 2.18. The lowest BCUT2D eigenvalue weighted by Crippen LogP contribution is -2.27. The first-order chi connectivity index (χ1) is 12.1. The Morgan fingerprint density at radius 1 is 1.04 bits per heavy atom. The average Bonchev–Trinajstić information content (AvgIpc) is 2.55. The summed E-state index contributed by atoms with van der Waals surface area (Å²) >= 11 is 5.80. The van der Waals surface area contributed by atoms with Gasteiger partial charge in [-0.2, -0.15) is 13.2 Å². The van der Waals surface area contributed by atoms with E-state index in [0.29, 0.717) is 0 Å². The Morgan fingerprint density at radius 2 is 1.69 bits per heavy atom. The van der Waals surface area contributed by atoms with E-state index in [1.165, 1.54) is 0 Å². The van der Waals surface area contributed by atoms with Gasteiger partial charge in [0, 0.05) is 6.54 Å². The lowest BCUT2D eigenvalue weighted by molar-refractivity contribution is -0.137. The summed E-state index contributed by atoms with van der Waals surface area (Å²) < 4.78 is 38.1. The predicted molar refractivity (Wildman–Crippen MR) is 92.7 cm³/mol. The van der Waals surface area contributed by atoms with Gasteiger partial charge in [0.1, 0.15) is 6.42 Å². The molecule has 0 saturated heterocycles. The van der Waals surface area contributed by atoms with Crippen LogP contribution in [0.5, 0.6) is 0 Å². The maximum Gasteiger partial charge on any atom is 0.416 e. The number of alkyl halides is 3. The molecule has 0 bridgehead atoms. The van der Waals surface area contributed by atoms with Gasteiger partial charge >= 0.3 is 6.18 Å². The van der Waals surface area contributed by atoms with Crippen LogP contribution in [0.1, 0.15) is 23.1 Å². The first-order valence-electron chi connectivity index (χ1n) is 7.64. The van der Waals surface area contributed by atoms with Crippen LogP contribution in [0.2, 0.25) is 5.02 Å². The summed E-state index contributed by atoms with van der Waals surface area (Å²) in [5.41, 5.74) is 0.807. The quantitative estimate of drug-likeness (QED) is 0.754. The number of hydrogen-bond acceptors (Lipinski definition) is 2. The highest BCUT2D eigenvalue weighted by Crippen LogP contribution is 2.33. The van der Waals surface area contributed by atoms with E-state index in [-0.39, 0.29) is 17.3 Å². The maximum absolute atomic E-state index is 12.7. The molecule has 0 atom stereocenters. The highest BCUT2D eigenvalue weighted by Gasteiger charge is 2.31. The van der Waals surface area contributed by atoms with Crippen molar-refractivity contribution < 1.29 is 22.8 Å². The van der Waals surface area contributed by atoms with Crippen molar-refractivity contribution in [2.45, 2.75) is 26.1 Å². The molecule has 0 aliphatic carbocycles. The minimum absolute atomic E-state index is 0.0496. The van der Waals surface area contributed by atoms with E-state index in [1.807, 2.05) is 31.2 Å². The molecule has 2 amide bonds. The van der Waals surface area contributed by atoms with Crippen molar-refractivity contribution in [3.05, 3.63) is 64.2 Å². The number of aryl methyl sites for hydroxylation is 1. The number of carbonyl (C=O) groups is 2. The molecule has 138 valence electrons. The molecule has 2 rings (SSSR count). The molecular formula is C18H16ClF3N2O2. The summed E-state index contributed by atoms with van der Waals surface area (Å²) in [5.74, 6) is -1.31. The molecule has 2 aromatic rings. The molecule has 0 radical (unpaired) electrons. The zero-order valence-corrected chi connectivity index (χ0v) is 14.5. The fourth-order valence-electron chi connectivity index (χ4n) is 2.11. The molecule has 8 heteroatoms. The van der Waals surface area contributed by atoms with Crippen LogP contribution in [0.4, 0.5) is 18.9 Å². The number of hydrogen-bond donors (Lipinski definition) is 2. The number of rotatable bonds is 5. The second-order valence-corrected chi connectivity index (χ2v) is 6.09. The molecule has 0 aromatic heterocycles. The first kappa shape index (κ1) is 19.8. The summed E-state index contributed by atoms with van der Waals surface area (Å²) in [6.07, 6.45) is -5.09. The van der Waals surface area contributed by atoms with Gasteiger partial charge < -0.3 is 10.6 Å². The Morgan fingerprint density at radius 3 is 2.31 bits per heavy atom. The van der Waals surface area contributed by atoms with Gasteiger partial charge in [-0.15, -0.1) is 0 Å². The minimum atomic E-state index is -4.56. The summed E-state index contributed by atoms with van der Waals surface area (Å²) in [6, 6.07) is 10.1. The van der Waals surface area contributed by atoms with Crippen molar-refractivity contribution in [1.82, 2.24) is 5.32 Å². The number of carbonyl (C=O) groups excluding carboxylic acids is 2. The highest BCUT2D eigenvalue weighted by molar-refractivity contribution is 6.33. The zero-order chi connectivity index (χ0) is 19.3. The van der Waals surface area contributed by atoms with Gasteiger partial charge in [0.25, 0.3) is 0 Å². The van der Waals surface area contributed by atoms with Gasteiger partial charge in [-0.25, -0.2) is 0 Å². The smallest absolute Gasteiger partial charge is 0.352 e. The largest absolute Gasteiger partial charge is 0.416 e. The topological polar surface area (TPSA) is 58.2 Å². The van der Waals surface area contributed by atoms with Gasteiger partial charge in [0.15, 0.2) is 0 Å². The monoisotopic (exact) mass is 384 g/mol. The average molecular weight is 385 g/mol. The van der Waals surface area contributed by atoms with Gasteiger partial charge in [0.2, 0.25) is 11.8 Å². The van der Waals surface area contributed by atoms with Crippen molar-refractivity contribution in [2.24, 2.45) is 0 Å². The second kappa shape index (κ2) is 8.23. The summed E-state index contributed by atoms with van der Waals surface area (Å²) in [5, 5.41) is 4.75. The van der Waals surface area contributed by atoms with Crippen LogP contribution in [-0.2, 0) is 22.3 Å². The van der Waals surface area contributed by atoms with Crippen LogP contribution < -0.4 is 10.6 Å². The van der Waals surface area contributed by atoms with E-state index >= 15 is 0 Å². The van der Waals surface area contributed by atoms with Gasteiger partial charge in [-0.1, -0.05) is 41.4 Å². The molecule has 0 aliphatic heterocycles. The molecule has 0 saturated carbocycles. The first-order valence-corrected chi connectivity index (χ1v) is 8.02. The summed E-state index contributed by atoms with van der Waals surface area (Å²) in [4.78, 5) is 23.7. The third kappa shape index (κ3) is 5.77. The number of benzene rings is 2. The van der Waals surface area contributed by atoms with E-state index in [4.69, 9.17) is 11.6 Å². The van der Waals surface area contributed by atoms with Gasteiger partial charge in [-0.05, 0) is 30.7 Å². The minimum Gasteiger partial charge on any atom is -0.352 e. The maximum atomic E-state index is 12.7. The van der Waals surface area contributed by atoms with Crippen LogP contribution in [0.3, 0.4) is 0 Å². The lowest BCUT2D eigenvalue weighted by Gasteiger charge is -2.12. The third-order valence-corrected chi connectivity index (χ3v) is 3.83. The third-order valence-electron chi connectivity index (χ3n) is 3.50. The SMILES string of the molecule is Cc1ccc(CNC(=O)CC(=O)Nc2cc(C(F)(F)F)ccc2Cl)cc1. The molecule has 0 fully saturated rings. The van der Waals surface area contributed by atoms with E-state index in [9.17, 15) is 22.8 Å². The van der Waals surface area contributed by atoms with Crippen LogP contribution in [-0.4, -0.2) is 11.8 Å². The molecule has 0 spiro atoms. The standard InChI is InChI=1S/C18H16ClF3N2O2/c1-11-2-4-12(5-3-11)10-23-16(25)9-17(26)24-15-8-13(18(20,21)22)6-7-14(15)19/h2-8H,9-10H2,1H3,(H,23,25)(H,24,26). The van der Waals surface area contributed by atoms with E-state index < -0.39 is 30.0 Å². The zero-order valence-electron chi connectivity index (χ0n) is 13.8. The number of anilines is 1. The number of halogens is 4. The van der Waals surface area contributed by atoms with Crippen molar-refractivity contribution in [1.29, 1.82) is 0 Å². The molecular weight excluding hydrogens is 369 g/mol. The van der Waals surface area contributed by atoms with Crippen molar-refractivity contribution >= 4 is 29.1 Å². The van der Waals surface area contributed by atoms with E-state index in [0.717, 1.165) is 29.3 Å². The Bertz CT molecular complexity index is 805. The summed E-state index contributed by atoms with van der Waals surface area (Å²) in [7, 11) is 0. The van der Waals surface area contributed by atoms with Crippen molar-refractivity contribution in [3.63, 3.8) is 0 Å². The predicted octanol–water partition coefficient (Wildman–Crippen LogP) is 4.31.